The molecule has 0 bridgehead atoms. The number of anilines is 1. The molecule has 0 radical (unpaired) electrons. The lowest BCUT2D eigenvalue weighted by atomic mass is 10.1. The maximum absolute atomic E-state index is 14.3. The molecular formula is C24H12Br2F5N3O4. The van der Waals surface area contributed by atoms with Gasteiger partial charge in [-0.2, -0.15) is 10.1 Å². The molecule has 0 saturated carbocycles. The van der Waals surface area contributed by atoms with Gasteiger partial charge in [-0.05, 0) is 58.3 Å². The zero-order chi connectivity index (χ0) is 27.9. The van der Waals surface area contributed by atoms with Crippen LogP contribution in [-0.2, 0) is 11.4 Å². The van der Waals surface area contributed by atoms with E-state index in [9.17, 15) is 36.9 Å². The van der Waals surface area contributed by atoms with Gasteiger partial charge in [-0.15, -0.1) is 0 Å². The minimum absolute atomic E-state index is 0.00822. The summed E-state index contributed by atoms with van der Waals surface area (Å²) in [5, 5.41) is 15.4. The molecule has 0 saturated heterocycles. The number of rotatable bonds is 6. The number of carbonyl (C=O) groups is 1. The van der Waals surface area contributed by atoms with E-state index in [1.165, 1.54) is 13.0 Å². The third-order valence-corrected chi connectivity index (χ3v) is 6.43. The summed E-state index contributed by atoms with van der Waals surface area (Å²) < 4.78 is 75.9. The lowest BCUT2D eigenvalue weighted by Crippen LogP contribution is -2.25. The fraction of sp³-hybridized carbons (Fsp3) is 0.0833. The molecule has 1 amide bonds. The Hall–Kier alpha value is -3.65. The van der Waals surface area contributed by atoms with Crippen molar-refractivity contribution in [2.75, 3.05) is 5.01 Å². The minimum atomic E-state index is -2.38. The number of amides is 1. The molecule has 3 aromatic rings. The quantitative estimate of drug-likeness (QED) is 0.0699. The van der Waals surface area contributed by atoms with Gasteiger partial charge < -0.3 is 4.74 Å². The molecule has 0 atom stereocenters. The van der Waals surface area contributed by atoms with Crippen LogP contribution < -0.4 is 9.75 Å². The van der Waals surface area contributed by atoms with Crippen molar-refractivity contribution in [1.29, 1.82) is 0 Å². The summed E-state index contributed by atoms with van der Waals surface area (Å²) in [7, 11) is 0. The van der Waals surface area contributed by atoms with E-state index in [1.807, 2.05) is 0 Å². The van der Waals surface area contributed by atoms with E-state index >= 15 is 0 Å². The summed E-state index contributed by atoms with van der Waals surface area (Å²) in [5.41, 5.74) is -1.60. The SMILES string of the molecule is CC1=NN(c2c(F)c(F)c(F)c(F)c2F)C(=O)/C1=C\c1cc(Br)c(OCc2ccc(Br)cc2)c([N+](=O)[O-])c1. The molecule has 38 heavy (non-hydrogen) atoms. The molecule has 1 aliphatic rings. The van der Waals surface area contributed by atoms with E-state index in [0.717, 1.165) is 22.2 Å². The van der Waals surface area contributed by atoms with E-state index in [4.69, 9.17) is 4.74 Å². The van der Waals surface area contributed by atoms with Gasteiger partial charge in [0, 0.05) is 10.5 Å². The highest BCUT2D eigenvalue weighted by molar-refractivity contribution is 9.10. The van der Waals surface area contributed by atoms with Gasteiger partial charge in [-0.25, -0.2) is 22.0 Å². The third kappa shape index (κ3) is 5.05. The van der Waals surface area contributed by atoms with Crippen molar-refractivity contribution < 1.29 is 36.4 Å². The van der Waals surface area contributed by atoms with Gasteiger partial charge in [0.05, 0.1) is 20.7 Å². The first kappa shape index (κ1) is 27.4. The van der Waals surface area contributed by atoms with Crippen LogP contribution >= 0.6 is 31.9 Å². The zero-order valence-electron chi connectivity index (χ0n) is 18.9. The first-order valence-electron chi connectivity index (χ1n) is 10.4. The molecular weight excluding hydrogens is 649 g/mol. The molecule has 0 spiro atoms. The van der Waals surface area contributed by atoms with Gasteiger partial charge in [0.25, 0.3) is 5.91 Å². The van der Waals surface area contributed by atoms with Crippen LogP contribution in [-0.4, -0.2) is 16.5 Å². The molecule has 0 aromatic heterocycles. The van der Waals surface area contributed by atoms with Gasteiger partial charge in [0.15, 0.2) is 23.3 Å². The van der Waals surface area contributed by atoms with Gasteiger partial charge in [-0.3, -0.25) is 14.9 Å². The second-order valence-corrected chi connectivity index (χ2v) is 9.57. The van der Waals surface area contributed by atoms with Gasteiger partial charge in [0.1, 0.15) is 12.3 Å². The maximum atomic E-state index is 14.3. The number of nitrogens with zero attached hydrogens (tertiary/aromatic N) is 3. The van der Waals surface area contributed by atoms with Crippen molar-refractivity contribution in [3.05, 3.63) is 101 Å². The number of hydrogen-bond donors (Lipinski definition) is 0. The summed E-state index contributed by atoms with van der Waals surface area (Å²) in [6.07, 6.45) is 1.13. The van der Waals surface area contributed by atoms with Gasteiger partial charge >= 0.3 is 5.69 Å². The summed E-state index contributed by atoms with van der Waals surface area (Å²) >= 11 is 6.52. The lowest BCUT2D eigenvalue weighted by Gasteiger charge is -2.15. The number of nitro benzene ring substituents is 1. The Labute approximate surface area is 227 Å². The van der Waals surface area contributed by atoms with Crippen LogP contribution in [0.4, 0.5) is 33.3 Å². The average molecular weight is 661 g/mol. The summed E-state index contributed by atoms with van der Waals surface area (Å²) in [6, 6.07) is 9.54. The number of carbonyl (C=O) groups excluding carboxylic acids is 1. The summed E-state index contributed by atoms with van der Waals surface area (Å²) in [6.45, 7) is 1.27. The van der Waals surface area contributed by atoms with Crippen LogP contribution in [0.25, 0.3) is 6.08 Å². The number of ether oxygens (including phenoxy) is 1. The van der Waals surface area contributed by atoms with E-state index < -0.39 is 51.3 Å². The van der Waals surface area contributed by atoms with Gasteiger partial charge in [0.2, 0.25) is 11.6 Å². The largest absolute Gasteiger partial charge is 0.481 e. The number of hydrogen-bond acceptors (Lipinski definition) is 5. The maximum Gasteiger partial charge on any atom is 0.312 e. The van der Waals surface area contributed by atoms with Crippen LogP contribution in [0, 0.1) is 39.2 Å². The fourth-order valence-electron chi connectivity index (χ4n) is 3.48. The predicted octanol–water partition coefficient (Wildman–Crippen LogP) is 7.20. The van der Waals surface area contributed by atoms with Crippen LogP contribution in [0.3, 0.4) is 0 Å². The molecule has 7 nitrogen and oxygen atoms in total. The molecule has 3 aromatic carbocycles. The van der Waals surface area contributed by atoms with Gasteiger partial charge in [-0.1, -0.05) is 28.1 Å². The van der Waals surface area contributed by atoms with Crippen LogP contribution in [0.5, 0.6) is 5.75 Å². The molecule has 1 aliphatic heterocycles. The van der Waals surface area contributed by atoms with Crippen molar-refractivity contribution in [2.45, 2.75) is 13.5 Å². The van der Waals surface area contributed by atoms with Crippen molar-refractivity contribution >= 4 is 60.9 Å². The van der Waals surface area contributed by atoms with Crippen LogP contribution in [0.15, 0.2) is 56.0 Å². The first-order valence-corrected chi connectivity index (χ1v) is 12.0. The van der Waals surface area contributed by atoms with Crippen molar-refractivity contribution in [3.63, 3.8) is 0 Å². The highest BCUT2D eigenvalue weighted by atomic mass is 79.9. The Morgan fingerprint density at radius 2 is 1.58 bits per heavy atom. The van der Waals surface area contributed by atoms with Crippen molar-refractivity contribution in [1.82, 2.24) is 0 Å². The summed E-state index contributed by atoms with van der Waals surface area (Å²) in [5.74, 6) is -12.6. The number of nitro groups is 1. The molecule has 0 fully saturated rings. The molecule has 0 N–H and O–H groups in total. The van der Waals surface area contributed by atoms with E-state index in [0.29, 0.717) is 0 Å². The van der Waals surface area contributed by atoms with Crippen molar-refractivity contribution in [3.8, 4) is 5.75 Å². The Kier molecular flexibility index (Phi) is 7.65. The van der Waals surface area contributed by atoms with Crippen molar-refractivity contribution in [2.24, 2.45) is 5.10 Å². The Morgan fingerprint density at radius 3 is 2.16 bits per heavy atom. The smallest absolute Gasteiger partial charge is 0.312 e. The average Bonchev–Trinajstić information content (AvgIpc) is 3.14. The molecule has 4 rings (SSSR count). The highest BCUT2D eigenvalue weighted by Gasteiger charge is 2.37. The standard InChI is InChI=1S/C24H12Br2F5N3O4/c1-10-14(24(35)33(32-10)22-20(30)18(28)17(27)19(29)21(22)31)6-12-7-15(26)23(16(8-12)34(36)37)38-9-11-2-4-13(25)5-3-11/h2-8H,9H2,1H3/b14-6-. The first-order chi connectivity index (χ1) is 17.9. The number of halogens is 7. The summed E-state index contributed by atoms with van der Waals surface area (Å²) in [4.78, 5) is 23.9. The monoisotopic (exact) mass is 659 g/mol. The van der Waals surface area contributed by atoms with E-state index in [1.54, 1.807) is 24.3 Å². The number of benzene rings is 3. The topological polar surface area (TPSA) is 85.0 Å². The molecule has 1 heterocycles. The van der Waals surface area contributed by atoms with Crippen LogP contribution in [0.1, 0.15) is 18.1 Å². The molecule has 0 unspecified atom stereocenters. The highest BCUT2D eigenvalue weighted by Crippen LogP contribution is 2.39. The Bertz CT molecular complexity index is 1530. The zero-order valence-corrected chi connectivity index (χ0v) is 22.0. The molecule has 0 aliphatic carbocycles. The normalized spacial score (nSPS) is 14.3. The predicted molar refractivity (Wildman–Crippen MR) is 134 cm³/mol. The molecule has 14 heteroatoms. The fourth-order valence-corrected chi connectivity index (χ4v) is 4.33. The van der Waals surface area contributed by atoms with E-state index in [-0.39, 0.29) is 38.7 Å². The second-order valence-electron chi connectivity index (χ2n) is 7.80. The van der Waals surface area contributed by atoms with Crippen LogP contribution in [0.2, 0.25) is 0 Å². The molecule has 196 valence electrons. The second kappa shape index (κ2) is 10.6. The number of hydrazone groups is 1. The van der Waals surface area contributed by atoms with E-state index in [2.05, 4.69) is 37.0 Å². The minimum Gasteiger partial charge on any atom is -0.481 e. The third-order valence-electron chi connectivity index (χ3n) is 5.31. The lowest BCUT2D eigenvalue weighted by molar-refractivity contribution is -0.386. The Balaban J connectivity index is 1.69. The Morgan fingerprint density at radius 1 is 1.00 bits per heavy atom.